The summed E-state index contributed by atoms with van der Waals surface area (Å²) in [5.41, 5.74) is 0.545. The zero-order valence-corrected chi connectivity index (χ0v) is 20.8. The van der Waals surface area contributed by atoms with Gasteiger partial charge in [0, 0.05) is 77.9 Å². The van der Waals surface area contributed by atoms with Crippen LogP contribution in [0.15, 0.2) is 54.1 Å². The molecule has 2 aromatic rings. The number of aromatic nitrogens is 2. The zero-order chi connectivity index (χ0) is 19.1. The molecule has 0 fully saturated rings. The molecule has 28 heavy (non-hydrogen) atoms. The fourth-order valence-electron chi connectivity index (χ4n) is 2.61. The summed E-state index contributed by atoms with van der Waals surface area (Å²) in [6, 6.07) is 6.99. The molecule has 0 atom stereocenters. The van der Waals surface area contributed by atoms with E-state index in [-0.39, 0.29) is 82.6 Å². The first-order valence-corrected chi connectivity index (χ1v) is 8.25. The first-order chi connectivity index (χ1) is 12.4. The third-order valence-electron chi connectivity index (χ3n) is 3.87. The number of carboxylic acid groups (broad SMARTS) is 2. The summed E-state index contributed by atoms with van der Waals surface area (Å²) < 4.78 is 7.54. The normalized spacial score (nSPS) is 11.1. The molecule has 0 aliphatic carbocycles. The van der Waals surface area contributed by atoms with Crippen molar-refractivity contribution in [3.63, 3.8) is 0 Å². The first kappa shape index (κ1) is 26.9. The average molecular weight is 404 g/mol. The van der Waals surface area contributed by atoms with Crippen LogP contribution in [0.2, 0.25) is 0 Å². The van der Waals surface area contributed by atoms with Crippen LogP contribution in [0.1, 0.15) is 19.4 Å². The summed E-state index contributed by atoms with van der Waals surface area (Å²) in [4.78, 5) is 26.9. The van der Waals surface area contributed by atoms with Gasteiger partial charge in [0.1, 0.15) is 12.4 Å². The molecule has 0 aliphatic rings. The Kier molecular flexibility index (Phi) is 12.7. The Labute approximate surface area is 208 Å². The van der Waals surface area contributed by atoms with Gasteiger partial charge in [0.25, 0.3) is 0 Å². The minimum Gasteiger partial charge on any atom is -0.492 e. The van der Waals surface area contributed by atoms with Gasteiger partial charge in [-0.25, -0.2) is 14.6 Å². The predicted octanol–water partition coefficient (Wildman–Crippen LogP) is 1.86. The number of nitrogens with zero attached hydrogens (tertiary/aromatic N) is 2. The molecule has 0 spiro atoms. The Morgan fingerprint density at radius 3 is 2.21 bits per heavy atom. The number of hydrogen-bond acceptors (Lipinski definition) is 4. The van der Waals surface area contributed by atoms with Crippen molar-refractivity contribution in [3.8, 4) is 5.75 Å². The smallest absolute Gasteiger partial charge is 0.332 e. The minimum atomic E-state index is -1.21. The van der Waals surface area contributed by atoms with Gasteiger partial charge in [-0.1, -0.05) is 26.0 Å². The van der Waals surface area contributed by atoms with Gasteiger partial charge in [-0.05, 0) is 23.6 Å². The van der Waals surface area contributed by atoms with E-state index in [1.54, 1.807) is 50.6 Å². The Balaban J connectivity index is 0.00000364. The fourth-order valence-corrected chi connectivity index (χ4v) is 2.61. The number of carbonyl (C=O) groups is 2. The quantitative estimate of drug-likeness (QED) is 0.489. The molecule has 7 nitrogen and oxygen atoms in total. The number of ether oxygens (including phenoxy) is 1. The molecule has 0 bridgehead atoms. The van der Waals surface area contributed by atoms with Crippen molar-refractivity contribution in [2.45, 2.75) is 26.8 Å². The number of imidazole rings is 1. The number of benzene rings is 1. The van der Waals surface area contributed by atoms with Crippen molar-refractivity contribution in [1.29, 1.82) is 0 Å². The third kappa shape index (κ3) is 8.11. The molecule has 2 rings (SSSR count). The number of hydrogen-bond donors (Lipinski definition) is 2. The number of rotatable bonds is 9. The summed E-state index contributed by atoms with van der Waals surface area (Å²) in [5.74, 6) is -2.13. The van der Waals surface area contributed by atoms with Crippen molar-refractivity contribution < 1.29 is 24.5 Å². The Morgan fingerprint density at radius 1 is 1.11 bits per heavy atom. The van der Waals surface area contributed by atoms with E-state index in [1.165, 1.54) is 0 Å². The monoisotopic (exact) mass is 404 g/mol. The molecule has 1 heterocycles. The summed E-state index contributed by atoms with van der Waals surface area (Å²) in [6.45, 7) is 4.49. The number of aliphatic carboxylic acids is 2. The van der Waals surface area contributed by atoms with E-state index in [9.17, 15) is 19.8 Å². The van der Waals surface area contributed by atoms with Gasteiger partial charge in [-0.15, -0.1) is 0 Å². The van der Waals surface area contributed by atoms with Crippen LogP contribution in [0, 0.1) is 5.92 Å². The molecule has 0 saturated heterocycles. The molecular formula is C19H22N2Na2O5. The van der Waals surface area contributed by atoms with Crippen LogP contribution in [0.3, 0.4) is 0 Å². The second-order valence-electron chi connectivity index (χ2n) is 6.13. The Hall–Kier alpha value is -1.09. The molecule has 1 aromatic carbocycles. The fraction of sp³-hybridized carbons (Fsp3) is 0.316. The molecule has 2 radical (unpaired) electrons. The molecule has 9 heteroatoms. The van der Waals surface area contributed by atoms with E-state index in [0.717, 1.165) is 0 Å². The van der Waals surface area contributed by atoms with Crippen molar-refractivity contribution in [2.75, 3.05) is 6.61 Å². The average Bonchev–Trinajstić information content (AvgIpc) is 3.08. The van der Waals surface area contributed by atoms with E-state index in [0.29, 0.717) is 24.5 Å². The van der Waals surface area contributed by atoms with Gasteiger partial charge in [-0.3, -0.25) is 0 Å². The van der Waals surface area contributed by atoms with E-state index in [4.69, 9.17) is 4.74 Å². The van der Waals surface area contributed by atoms with Crippen molar-refractivity contribution in [3.05, 3.63) is 59.7 Å². The third-order valence-corrected chi connectivity index (χ3v) is 3.87. The maximum Gasteiger partial charge on any atom is 0.332 e. The molecule has 0 unspecified atom stereocenters. The van der Waals surface area contributed by atoms with E-state index >= 15 is 0 Å². The van der Waals surface area contributed by atoms with Crippen LogP contribution < -0.4 is 4.74 Å². The van der Waals surface area contributed by atoms with Crippen molar-refractivity contribution in [1.82, 2.24) is 9.55 Å². The topological polar surface area (TPSA) is 102 Å². The van der Waals surface area contributed by atoms with Gasteiger partial charge in [0.05, 0.1) is 24.0 Å². The van der Waals surface area contributed by atoms with Gasteiger partial charge in [0.15, 0.2) is 0 Å². The van der Waals surface area contributed by atoms with Crippen LogP contribution in [-0.2, 0) is 22.6 Å². The predicted molar refractivity (Wildman–Crippen MR) is 107 cm³/mol. The van der Waals surface area contributed by atoms with Gasteiger partial charge >= 0.3 is 11.9 Å². The molecule has 2 N–H and O–H groups in total. The molecule has 0 saturated carbocycles. The van der Waals surface area contributed by atoms with Crippen LogP contribution in [0.25, 0.3) is 0 Å². The SMILES string of the molecule is CC(C)/C(C(=O)O)=C(\Cc1ccc(OCCn2ccnc2)cc1)C(=O)O.[Na].[Na]. The first-order valence-electron chi connectivity index (χ1n) is 8.25. The van der Waals surface area contributed by atoms with Crippen molar-refractivity contribution in [2.24, 2.45) is 5.92 Å². The maximum absolute atomic E-state index is 11.5. The molecule has 0 aliphatic heterocycles. The van der Waals surface area contributed by atoms with E-state index in [1.807, 2.05) is 10.8 Å². The maximum atomic E-state index is 11.5. The second kappa shape index (κ2) is 13.2. The molecule has 140 valence electrons. The van der Waals surface area contributed by atoms with Gasteiger partial charge < -0.3 is 19.5 Å². The Morgan fingerprint density at radius 2 is 1.75 bits per heavy atom. The Bertz CT molecular complexity index is 787. The van der Waals surface area contributed by atoms with Crippen LogP contribution in [0.4, 0.5) is 0 Å². The van der Waals surface area contributed by atoms with Crippen LogP contribution >= 0.6 is 0 Å². The second-order valence-corrected chi connectivity index (χ2v) is 6.13. The van der Waals surface area contributed by atoms with Crippen molar-refractivity contribution >= 4 is 71.1 Å². The van der Waals surface area contributed by atoms with Crippen LogP contribution in [-0.4, -0.2) is 97.4 Å². The molecule has 0 amide bonds. The van der Waals surface area contributed by atoms with Gasteiger partial charge in [-0.2, -0.15) is 0 Å². The number of carboxylic acids is 2. The summed E-state index contributed by atoms with van der Waals surface area (Å²) in [7, 11) is 0. The van der Waals surface area contributed by atoms with Gasteiger partial charge in [0.2, 0.25) is 0 Å². The summed E-state index contributed by atoms with van der Waals surface area (Å²) >= 11 is 0. The molecule has 1 aromatic heterocycles. The molecular weight excluding hydrogens is 382 g/mol. The van der Waals surface area contributed by atoms with E-state index in [2.05, 4.69) is 4.98 Å². The zero-order valence-electron chi connectivity index (χ0n) is 16.8. The summed E-state index contributed by atoms with van der Waals surface area (Å²) in [6.07, 6.45) is 5.30. The van der Waals surface area contributed by atoms with E-state index < -0.39 is 11.9 Å². The summed E-state index contributed by atoms with van der Waals surface area (Å²) in [5, 5.41) is 18.7. The standard InChI is InChI=1S/C19H22N2O5.2Na/c1-13(2)17(19(24)25)16(18(22)23)11-14-3-5-15(6-4-14)26-10-9-21-8-7-20-12-21;;/h3-8,12-13H,9-11H2,1-2H3,(H,22,23)(H,24,25);;/b17-16-;;. The van der Waals surface area contributed by atoms with Crippen LogP contribution in [0.5, 0.6) is 5.75 Å². The largest absolute Gasteiger partial charge is 0.492 e. The minimum absolute atomic E-state index is 0.